The Balaban J connectivity index is 1.43. The Kier molecular flexibility index (Phi) is 4.10. The van der Waals surface area contributed by atoms with E-state index >= 15 is 0 Å². The van der Waals surface area contributed by atoms with Crippen LogP contribution in [0.15, 0.2) is 27.8 Å². The number of amides is 2. The third kappa shape index (κ3) is 2.91. The van der Waals surface area contributed by atoms with Crippen molar-refractivity contribution in [1.29, 1.82) is 0 Å². The number of carbonyl (C=O) groups excluding carboxylic acids is 2. The SMILES string of the molecule is O=C(CNC(=O)[C@H]1C[C@H]2CC[C@H]1C2)Nc1cccc2c(=O)[nH][nH]c(=O)c12. The zero-order valence-electron chi connectivity index (χ0n) is 14.1. The van der Waals surface area contributed by atoms with Crippen molar-refractivity contribution in [2.24, 2.45) is 17.8 Å². The first-order chi connectivity index (χ1) is 12.5. The average Bonchev–Trinajstić information content (AvgIpc) is 3.26. The van der Waals surface area contributed by atoms with Gasteiger partial charge in [-0.1, -0.05) is 12.5 Å². The fraction of sp³-hybridized carbons (Fsp3) is 0.444. The summed E-state index contributed by atoms with van der Waals surface area (Å²) in [6.45, 7) is -0.162. The summed E-state index contributed by atoms with van der Waals surface area (Å²) >= 11 is 0. The van der Waals surface area contributed by atoms with Crippen LogP contribution in [0.2, 0.25) is 0 Å². The van der Waals surface area contributed by atoms with E-state index in [9.17, 15) is 19.2 Å². The van der Waals surface area contributed by atoms with E-state index in [1.54, 1.807) is 12.1 Å². The van der Waals surface area contributed by atoms with Gasteiger partial charge in [0.2, 0.25) is 11.8 Å². The van der Waals surface area contributed by atoms with E-state index in [4.69, 9.17) is 0 Å². The molecule has 0 aliphatic heterocycles. The summed E-state index contributed by atoms with van der Waals surface area (Å²) in [6.07, 6.45) is 4.35. The van der Waals surface area contributed by atoms with E-state index in [0.29, 0.717) is 11.8 Å². The highest BCUT2D eigenvalue weighted by Crippen LogP contribution is 2.48. The molecule has 4 N–H and O–H groups in total. The molecule has 2 aliphatic carbocycles. The third-order valence-corrected chi connectivity index (χ3v) is 5.60. The molecule has 0 spiro atoms. The maximum absolute atomic E-state index is 12.3. The fourth-order valence-electron chi connectivity index (χ4n) is 4.39. The molecule has 1 aromatic heterocycles. The minimum absolute atomic E-state index is 0.0144. The van der Waals surface area contributed by atoms with Gasteiger partial charge in [-0.3, -0.25) is 29.4 Å². The van der Waals surface area contributed by atoms with Crippen molar-refractivity contribution in [2.75, 3.05) is 11.9 Å². The number of aromatic nitrogens is 2. The van der Waals surface area contributed by atoms with Gasteiger partial charge < -0.3 is 10.6 Å². The van der Waals surface area contributed by atoms with E-state index < -0.39 is 17.0 Å². The van der Waals surface area contributed by atoms with Crippen LogP contribution in [-0.4, -0.2) is 28.6 Å². The molecule has 0 saturated heterocycles. The molecular formula is C18H20N4O4. The summed E-state index contributed by atoms with van der Waals surface area (Å²) in [5.74, 6) is 0.616. The lowest BCUT2D eigenvalue weighted by Crippen LogP contribution is -2.38. The molecule has 136 valence electrons. The molecule has 26 heavy (non-hydrogen) atoms. The lowest BCUT2D eigenvalue weighted by atomic mass is 9.88. The highest BCUT2D eigenvalue weighted by atomic mass is 16.2. The van der Waals surface area contributed by atoms with Crippen LogP contribution >= 0.6 is 0 Å². The molecule has 1 heterocycles. The molecule has 1 aromatic carbocycles. The van der Waals surface area contributed by atoms with Gasteiger partial charge in [-0.2, -0.15) is 0 Å². The maximum atomic E-state index is 12.3. The van der Waals surface area contributed by atoms with Crippen molar-refractivity contribution in [1.82, 2.24) is 15.5 Å². The first-order valence-electron chi connectivity index (χ1n) is 8.84. The molecule has 0 unspecified atom stereocenters. The maximum Gasteiger partial charge on any atom is 0.272 e. The van der Waals surface area contributed by atoms with E-state index in [-0.39, 0.29) is 34.8 Å². The number of carbonyl (C=O) groups is 2. The third-order valence-electron chi connectivity index (χ3n) is 5.60. The molecule has 2 aromatic rings. The van der Waals surface area contributed by atoms with Crippen LogP contribution in [0.5, 0.6) is 0 Å². The zero-order valence-corrected chi connectivity index (χ0v) is 14.1. The normalized spacial score (nSPS) is 23.9. The number of hydrogen-bond acceptors (Lipinski definition) is 4. The van der Waals surface area contributed by atoms with E-state index in [1.807, 2.05) is 0 Å². The summed E-state index contributed by atoms with van der Waals surface area (Å²) in [7, 11) is 0. The van der Waals surface area contributed by atoms with Gasteiger partial charge in [0.1, 0.15) is 0 Å². The molecule has 0 radical (unpaired) electrons. The second-order valence-electron chi connectivity index (χ2n) is 7.18. The monoisotopic (exact) mass is 356 g/mol. The predicted molar refractivity (Wildman–Crippen MR) is 95.8 cm³/mol. The lowest BCUT2D eigenvalue weighted by Gasteiger charge is -2.20. The molecule has 2 saturated carbocycles. The lowest BCUT2D eigenvalue weighted by molar-refractivity contribution is -0.128. The van der Waals surface area contributed by atoms with Crippen LogP contribution in [0.25, 0.3) is 10.8 Å². The second-order valence-corrected chi connectivity index (χ2v) is 7.18. The molecule has 4 rings (SSSR count). The minimum atomic E-state index is -0.499. The molecule has 8 nitrogen and oxygen atoms in total. The van der Waals surface area contributed by atoms with Gasteiger partial charge in [0.25, 0.3) is 11.1 Å². The number of H-pyrrole nitrogens is 2. The van der Waals surface area contributed by atoms with Crippen molar-refractivity contribution in [3.8, 4) is 0 Å². The van der Waals surface area contributed by atoms with Crippen molar-refractivity contribution in [3.05, 3.63) is 38.9 Å². The number of fused-ring (bicyclic) bond motifs is 3. The van der Waals surface area contributed by atoms with Crippen LogP contribution in [-0.2, 0) is 9.59 Å². The van der Waals surface area contributed by atoms with Crippen molar-refractivity contribution in [2.45, 2.75) is 25.7 Å². The Bertz CT molecular complexity index is 993. The van der Waals surface area contributed by atoms with Crippen molar-refractivity contribution in [3.63, 3.8) is 0 Å². The van der Waals surface area contributed by atoms with E-state index in [1.165, 1.54) is 12.5 Å². The summed E-state index contributed by atoms with van der Waals surface area (Å²) < 4.78 is 0. The molecule has 2 fully saturated rings. The van der Waals surface area contributed by atoms with E-state index in [0.717, 1.165) is 19.3 Å². The van der Waals surface area contributed by atoms with Gasteiger partial charge in [0.15, 0.2) is 0 Å². The summed E-state index contributed by atoms with van der Waals surface area (Å²) in [5, 5.41) is 10.1. The van der Waals surface area contributed by atoms with Crippen LogP contribution in [0.1, 0.15) is 25.7 Å². The standard InChI is InChI=1S/C18H20N4O4/c23-14(8-19-16(24)12-7-9-4-5-10(12)6-9)20-13-3-1-2-11-15(13)18(26)22-21-17(11)25/h1-3,9-10,12H,4-8H2,(H,19,24)(H,20,23)(H,21,25)(H,22,26)/t9-,10-,12-/m0/s1. The van der Waals surface area contributed by atoms with Crippen LogP contribution < -0.4 is 21.8 Å². The summed E-state index contributed by atoms with van der Waals surface area (Å²) in [5.41, 5.74) is -0.698. The van der Waals surface area contributed by atoms with Crippen LogP contribution in [0.3, 0.4) is 0 Å². The number of nitrogens with one attached hydrogen (secondary N) is 4. The summed E-state index contributed by atoms with van der Waals surface area (Å²) in [4.78, 5) is 48.3. The minimum Gasteiger partial charge on any atom is -0.347 e. The average molecular weight is 356 g/mol. The number of hydrogen-bond donors (Lipinski definition) is 4. The Morgan fingerprint density at radius 3 is 2.62 bits per heavy atom. The molecule has 3 atom stereocenters. The molecular weight excluding hydrogens is 336 g/mol. The van der Waals surface area contributed by atoms with Gasteiger partial charge in [-0.05, 0) is 43.2 Å². The van der Waals surface area contributed by atoms with Gasteiger partial charge >= 0.3 is 0 Å². The van der Waals surface area contributed by atoms with Gasteiger partial charge in [0, 0.05) is 5.92 Å². The fourth-order valence-corrected chi connectivity index (χ4v) is 4.39. The highest BCUT2D eigenvalue weighted by molar-refractivity contribution is 6.02. The Labute approximate surface area is 148 Å². The number of aromatic amines is 2. The van der Waals surface area contributed by atoms with Crippen molar-refractivity contribution < 1.29 is 9.59 Å². The predicted octanol–water partition coefficient (Wildman–Crippen LogP) is 0.707. The topological polar surface area (TPSA) is 124 Å². The first-order valence-corrected chi connectivity index (χ1v) is 8.84. The van der Waals surface area contributed by atoms with E-state index in [2.05, 4.69) is 20.8 Å². The zero-order chi connectivity index (χ0) is 18.3. The second kappa shape index (κ2) is 6.44. The molecule has 2 aliphatic rings. The van der Waals surface area contributed by atoms with Gasteiger partial charge in [-0.15, -0.1) is 0 Å². The first kappa shape index (κ1) is 16.6. The highest BCUT2D eigenvalue weighted by Gasteiger charge is 2.42. The number of rotatable bonds is 4. The van der Waals surface area contributed by atoms with Crippen molar-refractivity contribution >= 4 is 28.3 Å². The number of anilines is 1. The van der Waals surface area contributed by atoms with Gasteiger partial charge in [-0.25, -0.2) is 0 Å². The summed E-state index contributed by atoms with van der Waals surface area (Å²) in [6, 6.07) is 4.64. The Morgan fingerprint density at radius 1 is 1.08 bits per heavy atom. The van der Waals surface area contributed by atoms with Gasteiger partial charge in [0.05, 0.1) is 23.0 Å². The van der Waals surface area contributed by atoms with Crippen LogP contribution in [0, 0.1) is 17.8 Å². The Morgan fingerprint density at radius 2 is 1.88 bits per heavy atom. The quantitative estimate of drug-likeness (QED) is 0.644. The molecule has 8 heteroatoms. The Hall–Kier alpha value is -2.90. The molecule has 2 amide bonds. The number of benzene rings is 1. The van der Waals surface area contributed by atoms with Crippen LogP contribution in [0.4, 0.5) is 5.69 Å². The molecule has 2 bridgehead atoms. The largest absolute Gasteiger partial charge is 0.347 e. The smallest absolute Gasteiger partial charge is 0.272 e.